The molecular weight excluding hydrogens is 304 g/mol. The maximum absolute atomic E-state index is 5.96. The summed E-state index contributed by atoms with van der Waals surface area (Å²) in [7, 11) is 0. The van der Waals surface area contributed by atoms with Crippen LogP contribution in [0.3, 0.4) is 0 Å². The number of rotatable bonds is 3. The van der Waals surface area contributed by atoms with Gasteiger partial charge in [0.2, 0.25) is 0 Å². The average Bonchev–Trinajstić information content (AvgIpc) is 2.49. The predicted molar refractivity (Wildman–Crippen MR) is 89.2 cm³/mol. The summed E-state index contributed by atoms with van der Waals surface area (Å²) in [6, 6.07) is 14.8. The molecule has 5 heteroatoms. The van der Waals surface area contributed by atoms with Crippen molar-refractivity contribution in [2.24, 2.45) is 5.73 Å². The first kappa shape index (κ1) is 13.8. The van der Waals surface area contributed by atoms with Crippen molar-refractivity contribution < 1.29 is 4.74 Å². The first-order chi connectivity index (χ1) is 10.1. The van der Waals surface area contributed by atoms with Gasteiger partial charge in [0.25, 0.3) is 0 Å². The molecule has 0 aliphatic carbocycles. The zero-order valence-electron chi connectivity index (χ0n) is 10.9. The molecule has 3 nitrogen and oxygen atoms in total. The number of nitrogens with zero attached hydrogens (tertiary/aromatic N) is 1. The van der Waals surface area contributed by atoms with Gasteiger partial charge in [-0.3, -0.25) is 4.98 Å². The van der Waals surface area contributed by atoms with Crippen LogP contribution >= 0.6 is 23.8 Å². The fraction of sp³-hybridized carbons (Fsp3) is 0. The van der Waals surface area contributed by atoms with Gasteiger partial charge in [0, 0.05) is 22.7 Å². The van der Waals surface area contributed by atoms with Crippen molar-refractivity contribution in [3.8, 4) is 11.5 Å². The van der Waals surface area contributed by atoms with E-state index in [1.165, 1.54) is 0 Å². The number of fused-ring (bicyclic) bond motifs is 1. The molecule has 0 amide bonds. The summed E-state index contributed by atoms with van der Waals surface area (Å²) < 4.78 is 5.87. The molecule has 0 spiro atoms. The van der Waals surface area contributed by atoms with Crippen LogP contribution < -0.4 is 10.5 Å². The molecule has 2 aromatic carbocycles. The zero-order valence-corrected chi connectivity index (χ0v) is 12.5. The van der Waals surface area contributed by atoms with Crippen molar-refractivity contribution in [1.82, 2.24) is 4.98 Å². The fourth-order valence-corrected chi connectivity index (χ4v) is 2.35. The molecule has 3 rings (SSSR count). The number of benzene rings is 2. The first-order valence-corrected chi connectivity index (χ1v) is 7.04. The van der Waals surface area contributed by atoms with Crippen molar-refractivity contribution in [3.63, 3.8) is 0 Å². The Morgan fingerprint density at radius 1 is 1.14 bits per heavy atom. The number of nitrogens with two attached hydrogens (primary N) is 1. The van der Waals surface area contributed by atoms with Crippen LogP contribution in [0.15, 0.2) is 54.7 Å². The minimum Gasteiger partial charge on any atom is -0.457 e. The van der Waals surface area contributed by atoms with Crippen molar-refractivity contribution in [1.29, 1.82) is 0 Å². The Morgan fingerprint density at radius 2 is 2.00 bits per heavy atom. The topological polar surface area (TPSA) is 48.1 Å². The predicted octanol–water partition coefficient (Wildman–Crippen LogP) is 4.31. The van der Waals surface area contributed by atoms with Crippen LogP contribution in [0.4, 0.5) is 0 Å². The third-order valence-corrected chi connectivity index (χ3v) is 3.47. The van der Waals surface area contributed by atoms with Crippen LogP contribution in [0.1, 0.15) is 5.56 Å². The molecule has 0 aliphatic rings. The van der Waals surface area contributed by atoms with Crippen LogP contribution in [-0.4, -0.2) is 9.97 Å². The standard InChI is InChI=1S/C16H11ClN2OS/c17-11-4-6-15(13(8-11)16(18)21)20-12-5-3-10-2-1-7-19-14(10)9-12/h1-9H,(H2,18,21). The average molecular weight is 315 g/mol. The summed E-state index contributed by atoms with van der Waals surface area (Å²) in [5.41, 5.74) is 7.18. The molecule has 0 bridgehead atoms. The molecule has 0 saturated carbocycles. The maximum Gasteiger partial charge on any atom is 0.137 e. The second-order valence-electron chi connectivity index (χ2n) is 4.46. The van der Waals surface area contributed by atoms with Gasteiger partial charge in [-0.2, -0.15) is 0 Å². The molecule has 0 unspecified atom stereocenters. The van der Waals surface area contributed by atoms with Crippen molar-refractivity contribution >= 4 is 39.7 Å². The monoisotopic (exact) mass is 314 g/mol. The van der Waals surface area contributed by atoms with Crippen LogP contribution in [0.25, 0.3) is 10.9 Å². The summed E-state index contributed by atoms with van der Waals surface area (Å²) in [5, 5.41) is 1.61. The van der Waals surface area contributed by atoms with Gasteiger partial charge in [0.15, 0.2) is 0 Å². The number of pyridine rings is 1. The number of hydrogen-bond donors (Lipinski definition) is 1. The smallest absolute Gasteiger partial charge is 0.137 e. The second-order valence-corrected chi connectivity index (χ2v) is 5.34. The normalized spacial score (nSPS) is 10.5. The van der Waals surface area contributed by atoms with Crippen molar-refractivity contribution in [2.75, 3.05) is 0 Å². The second kappa shape index (κ2) is 5.68. The van der Waals surface area contributed by atoms with Gasteiger partial charge in [-0.25, -0.2) is 0 Å². The number of thiocarbonyl (C=S) groups is 1. The molecule has 21 heavy (non-hydrogen) atoms. The lowest BCUT2D eigenvalue weighted by Gasteiger charge is -2.11. The van der Waals surface area contributed by atoms with E-state index in [4.69, 9.17) is 34.3 Å². The van der Waals surface area contributed by atoms with Crippen LogP contribution in [0.5, 0.6) is 11.5 Å². The first-order valence-electron chi connectivity index (χ1n) is 6.25. The van der Waals surface area contributed by atoms with E-state index in [1.807, 2.05) is 30.3 Å². The number of ether oxygens (including phenoxy) is 1. The van der Waals surface area contributed by atoms with Gasteiger partial charge in [-0.05, 0) is 36.4 Å². The summed E-state index contributed by atoms with van der Waals surface area (Å²) in [4.78, 5) is 4.55. The van der Waals surface area contributed by atoms with Gasteiger partial charge in [-0.15, -0.1) is 0 Å². The highest BCUT2D eigenvalue weighted by Gasteiger charge is 2.09. The van der Waals surface area contributed by atoms with Gasteiger partial charge >= 0.3 is 0 Å². The highest BCUT2D eigenvalue weighted by atomic mass is 35.5. The summed E-state index contributed by atoms with van der Waals surface area (Å²) in [6.45, 7) is 0. The lowest BCUT2D eigenvalue weighted by atomic mass is 10.2. The van der Waals surface area contributed by atoms with Gasteiger partial charge in [0.1, 0.15) is 16.5 Å². The molecule has 0 fully saturated rings. The van der Waals surface area contributed by atoms with Crippen LogP contribution in [0, 0.1) is 0 Å². The number of hydrogen-bond acceptors (Lipinski definition) is 3. The Kier molecular flexibility index (Phi) is 3.73. The zero-order chi connectivity index (χ0) is 14.8. The lowest BCUT2D eigenvalue weighted by Crippen LogP contribution is -2.10. The number of halogens is 1. The van der Waals surface area contributed by atoms with E-state index in [1.54, 1.807) is 24.4 Å². The summed E-state index contributed by atoms with van der Waals surface area (Å²) >= 11 is 11.0. The third-order valence-electron chi connectivity index (χ3n) is 3.01. The molecule has 104 valence electrons. The minimum absolute atomic E-state index is 0.242. The Balaban J connectivity index is 2.00. The fourth-order valence-electron chi connectivity index (χ4n) is 2.02. The molecule has 0 aliphatic heterocycles. The molecule has 0 saturated heterocycles. The Labute approximate surface area is 132 Å². The molecule has 0 radical (unpaired) electrons. The maximum atomic E-state index is 5.96. The highest BCUT2D eigenvalue weighted by molar-refractivity contribution is 7.80. The van der Waals surface area contributed by atoms with E-state index < -0.39 is 0 Å². The summed E-state index contributed by atoms with van der Waals surface area (Å²) in [5.74, 6) is 1.24. The molecule has 0 atom stereocenters. The lowest BCUT2D eigenvalue weighted by molar-refractivity contribution is 0.482. The van der Waals surface area contributed by atoms with Crippen molar-refractivity contribution in [2.45, 2.75) is 0 Å². The third kappa shape index (κ3) is 2.96. The van der Waals surface area contributed by atoms with Gasteiger partial charge in [-0.1, -0.05) is 29.9 Å². The Hall–Kier alpha value is -2.17. The molecule has 1 aromatic heterocycles. The SMILES string of the molecule is NC(=S)c1cc(Cl)ccc1Oc1ccc2cccnc2c1. The largest absolute Gasteiger partial charge is 0.457 e. The highest BCUT2D eigenvalue weighted by Crippen LogP contribution is 2.29. The van der Waals surface area contributed by atoms with E-state index in [0.717, 1.165) is 10.9 Å². The molecule has 1 heterocycles. The molecular formula is C16H11ClN2OS. The van der Waals surface area contributed by atoms with Gasteiger partial charge < -0.3 is 10.5 Å². The molecule has 3 aromatic rings. The van der Waals surface area contributed by atoms with E-state index in [2.05, 4.69) is 4.98 Å². The minimum atomic E-state index is 0.242. The van der Waals surface area contributed by atoms with Crippen LogP contribution in [0.2, 0.25) is 5.02 Å². The quantitative estimate of drug-likeness (QED) is 0.732. The van der Waals surface area contributed by atoms with E-state index in [0.29, 0.717) is 22.1 Å². The van der Waals surface area contributed by atoms with Crippen LogP contribution in [-0.2, 0) is 0 Å². The number of aromatic nitrogens is 1. The van der Waals surface area contributed by atoms with E-state index in [-0.39, 0.29) is 4.99 Å². The van der Waals surface area contributed by atoms with Gasteiger partial charge in [0.05, 0.1) is 11.1 Å². The summed E-state index contributed by atoms with van der Waals surface area (Å²) in [6.07, 6.45) is 1.74. The van der Waals surface area contributed by atoms with Crippen molar-refractivity contribution in [3.05, 3.63) is 65.3 Å². The Morgan fingerprint density at radius 3 is 2.81 bits per heavy atom. The molecule has 2 N–H and O–H groups in total. The van der Waals surface area contributed by atoms with E-state index in [9.17, 15) is 0 Å². The Bertz CT molecular complexity index is 835. The van der Waals surface area contributed by atoms with E-state index >= 15 is 0 Å².